The van der Waals surface area contributed by atoms with E-state index in [9.17, 15) is 9.59 Å². The fourth-order valence-corrected chi connectivity index (χ4v) is 2.10. The predicted octanol–water partition coefficient (Wildman–Crippen LogP) is 1.35. The summed E-state index contributed by atoms with van der Waals surface area (Å²) in [6.07, 6.45) is 0.659. The van der Waals surface area contributed by atoms with Crippen LogP contribution in [0.1, 0.15) is 37.6 Å². The minimum absolute atomic E-state index is 0.0138. The topological polar surface area (TPSA) is 93.5 Å². The van der Waals surface area contributed by atoms with Crippen molar-refractivity contribution in [1.82, 2.24) is 10.6 Å². The summed E-state index contributed by atoms with van der Waals surface area (Å²) in [6, 6.07) is 4.79. The number of nitrogen functional groups attached to an aromatic ring is 1. The van der Waals surface area contributed by atoms with E-state index in [-0.39, 0.29) is 17.7 Å². The summed E-state index contributed by atoms with van der Waals surface area (Å²) in [5, 5.41) is 5.83. The number of rotatable bonds is 9. The van der Waals surface area contributed by atoms with Crippen LogP contribution in [-0.2, 0) is 4.79 Å². The highest BCUT2D eigenvalue weighted by atomic mass is 16.5. The van der Waals surface area contributed by atoms with Crippen LogP contribution in [0.15, 0.2) is 18.2 Å². The van der Waals surface area contributed by atoms with Crippen LogP contribution < -0.4 is 21.1 Å². The zero-order chi connectivity index (χ0) is 16.5. The number of ether oxygens (including phenoxy) is 1. The molecule has 1 aromatic rings. The molecule has 1 aromatic carbocycles. The van der Waals surface area contributed by atoms with E-state index in [0.29, 0.717) is 43.1 Å². The predicted molar refractivity (Wildman–Crippen MR) is 87.1 cm³/mol. The van der Waals surface area contributed by atoms with Crippen LogP contribution >= 0.6 is 0 Å². The lowest BCUT2D eigenvalue weighted by Gasteiger charge is -2.17. The van der Waals surface area contributed by atoms with Crippen molar-refractivity contribution in [1.29, 1.82) is 0 Å². The number of nitrogens with two attached hydrogens (primary N) is 1. The normalized spacial score (nSPS) is 11.8. The Morgan fingerprint density at radius 1 is 1.27 bits per heavy atom. The van der Waals surface area contributed by atoms with Crippen LogP contribution in [0.4, 0.5) is 5.69 Å². The lowest BCUT2D eigenvalue weighted by Crippen LogP contribution is -2.40. The highest BCUT2D eigenvalue weighted by molar-refractivity contribution is 6.01. The largest absolute Gasteiger partial charge is 0.492 e. The molecule has 22 heavy (non-hydrogen) atoms. The van der Waals surface area contributed by atoms with E-state index in [2.05, 4.69) is 10.6 Å². The van der Waals surface area contributed by atoms with Crippen molar-refractivity contribution in [2.75, 3.05) is 25.4 Å². The molecule has 6 nitrogen and oxygen atoms in total. The van der Waals surface area contributed by atoms with Gasteiger partial charge >= 0.3 is 0 Å². The van der Waals surface area contributed by atoms with Gasteiger partial charge in [0.2, 0.25) is 5.91 Å². The maximum absolute atomic E-state index is 12.5. The van der Waals surface area contributed by atoms with E-state index in [0.717, 1.165) is 0 Å². The molecule has 6 heteroatoms. The Hall–Kier alpha value is -2.08. The van der Waals surface area contributed by atoms with Gasteiger partial charge in [-0.05, 0) is 31.5 Å². The second-order valence-electron chi connectivity index (χ2n) is 4.95. The Labute approximate surface area is 131 Å². The first-order valence-corrected chi connectivity index (χ1v) is 7.53. The SMILES string of the molecule is CCOc1ccc(C(=O)C(CC)NCCNC(C)=O)cc1N. The van der Waals surface area contributed by atoms with Gasteiger partial charge in [-0.1, -0.05) is 6.92 Å². The van der Waals surface area contributed by atoms with Crippen molar-refractivity contribution in [3.8, 4) is 5.75 Å². The fourth-order valence-electron chi connectivity index (χ4n) is 2.10. The molecule has 0 radical (unpaired) electrons. The summed E-state index contributed by atoms with van der Waals surface area (Å²) in [5.41, 5.74) is 6.91. The number of hydrogen-bond acceptors (Lipinski definition) is 5. The maximum Gasteiger partial charge on any atom is 0.216 e. The summed E-state index contributed by atoms with van der Waals surface area (Å²) in [4.78, 5) is 23.3. The number of benzene rings is 1. The fraction of sp³-hybridized carbons (Fsp3) is 0.500. The van der Waals surface area contributed by atoms with Crippen LogP contribution in [0, 0.1) is 0 Å². The molecule has 0 aliphatic rings. The molecule has 1 rings (SSSR count). The smallest absolute Gasteiger partial charge is 0.216 e. The van der Waals surface area contributed by atoms with E-state index in [1.807, 2.05) is 13.8 Å². The average Bonchev–Trinajstić information content (AvgIpc) is 2.48. The van der Waals surface area contributed by atoms with Crippen molar-refractivity contribution in [2.24, 2.45) is 0 Å². The van der Waals surface area contributed by atoms with Crippen molar-refractivity contribution >= 4 is 17.4 Å². The molecule has 0 heterocycles. The van der Waals surface area contributed by atoms with Gasteiger partial charge in [-0.2, -0.15) is 0 Å². The molecular formula is C16H25N3O3. The maximum atomic E-state index is 12.5. The highest BCUT2D eigenvalue weighted by Gasteiger charge is 2.18. The molecular weight excluding hydrogens is 282 g/mol. The van der Waals surface area contributed by atoms with Crippen molar-refractivity contribution in [2.45, 2.75) is 33.2 Å². The number of ketones is 1. The van der Waals surface area contributed by atoms with Gasteiger partial charge in [-0.25, -0.2) is 0 Å². The van der Waals surface area contributed by atoms with Gasteiger partial charge in [-0.3, -0.25) is 9.59 Å². The van der Waals surface area contributed by atoms with Crippen LogP contribution in [0.2, 0.25) is 0 Å². The zero-order valence-electron chi connectivity index (χ0n) is 13.4. The van der Waals surface area contributed by atoms with E-state index >= 15 is 0 Å². The van der Waals surface area contributed by atoms with Crippen molar-refractivity contribution in [3.05, 3.63) is 23.8 Å². The monoisotopic (exact) mass is 307 g/mol. The highest BCUT2D eigenvalue weighted by Crippen LogP contribution is 2.23. The summed E-state index contributed by atoms with van der Waals surface area (Å²) in [6.45, 7) is 6.84. The Bertz CT molecular complexity index is 517. The van der Waals surface area contributed by atoms with Gasteiger partial charge in [0.1, 0.15) is 5.75 Å². The third-order valence-electron chi connectivity index (χ3n) is 3.21. The number of anilines is 1. The standard InChI is InChI=1S/C16H25N3O3/c1-4-14(19-9-8-18-11(3)20)16(21)12-6-7-15(22-5-2)13(17)10-12/h6-7,10,14,19H,4-5,8-9,17H2,1-3H3,(H,18,20). The molecule has 1 amide bonds. The molecule has 4 N–H and O–H groups in total. The third-order valence-corrected chi connectivity index (χ3v) is 3.21. The average molecular weight is 307 g/mol. The van der Waals surface area contributed by atoms with Crippen LogP contribution in [-0.4, -0.2) is 37.4 Å². The van der Waals surface area contributed by atoms with Crippen LogP contribution in [0.3, 0.4) is 0 Å². The van der Waals surface area contributed by atoms with E-state index < -0.39 is 0 Å². The minimum Gasteiger partial charge on any atom is -0.492 e. The molecule has 0 bridgehead atoms. The summed E-state index contributed by atoms with van der Waals surface area (Å²) in [5.74, 6) is 0.492. The molecule has 0 aliphatic heterocycles. The summed E-state index contributed by atoms with van der Waals surface area (Å²) < 4.78 is 5.37. The van der Waals surface area contributed by atoms with Gasteiger partial charge in [-0.15, -0.1) is 0 Å². The first-order valence-electron chi connectivity index (χ1n) is 7.53. The number of hydrogen-bond donors (Lipinski definition) is 3. The van der Waals surface area contributed by atoms with E-state index in [1.165, 1.54) is 6.92 Å². The number of carbonyl (C=O) groups excluding carboxylic acids is 2. The van der Waals surface area contributed by atoms with Gasteiger partial charge in [0, 0.05) is 25.6 Å². The number of nitrogens with one attached hydrogen (secondary N) is 2. The van der Waals surface area contributed by atoms with Crippen molar-refractivity contribution < 1.29 is 14.3 Å². The molecule has 0 aromatic heterocycles. The van der Waals surface area contributed by atoms with Gasteiger partial charge in [0.25, 0.3) is 0 Å². The lowest BCUT2D eigenvalue weighted by molar-refractivity contribution is -0.118. The molecule has 0 saturated carbocycles. The number of Topliss-reactive ketones (excluding diaryl/α,β-unsaturated/α-hetero) is 1. The first kappa shape index (κ1) is 18.0. The van der Waals surface area contributed by atoms with Crippen LogP contribution in [0.5, 0.6) is 5.75 Å². The molecule has 0 saturated heterocycles. The van der Waals surface area contributed by atoms with E-state index in [4.69, 9.17) is 10.5 Å². The third kappa shape index (κ3) is 5.37. The molecule has 122 valence electrons. The Morgan fingerprint density at radius 2 is 2.00 bits per heavy atom. The van der Waals surface area contributed by atoms with E-state index in [1.54, 1.807) is 18.2 Å². The molecule has 1 atom stereocenters. The molecule has 1 unspecified atom stereocenters. The van der Waals surface area contributed by atoms with Crippen molar-refractivity contribution in [3.63, 3.8) is 0 Å². The van der Waals surface area contributed by atoms with Gasteiger partial charge < -0.3 is 21.1 Å². The lowest BCUT2D eigenvalue weighted by atomic mass is 10.0. The Balaban J connectivity index is 2.66. The molecule has 0 fully saturated rings. The summed E-state index contributed by atoms with van der Waals surface area (Å²) >= 11 is 0. The second-order valence-corrected chi connectivity index (χ2v) is 4.95. The Morgan fingerprint density at radius 3 is 2.55 bits per heavy atom. The minimum atomic E-state index is -0.300. The number of amides is 1. The van der Waals surface area contributed by atoms with Gasteiger partial charge in [0.05, 0.1) is 18.3 Å². The summed E-state index contributed by atoms with van der Waals surface area (Å²) in [7, 11) is 0. The molecule has 0 aliphatic carbocycles. The van der Waals surface area contributed by atoms with Gasteiger partial charge in [0.15, 0.2) is 5.78 Å². The number of carbonyl (C=O) groups is 2. The first-order chi connectivity index (χ1) is 10.5. The zero-order valence-corrected chi connectivity index (χ0v) is 13.4. The van der Waals surface area contributed by atoms with Crippen LogP contribution in [0.25, 0.3) is 0 Å². The Kier molecular flexibility index (Phi) is 7.39. The second kappa shape index (κ2) is 9.04. The quantitative estimate of drug-likeness (QED) is 0.364. The molecule has 0 spiro atoms.